The van der Waals surface area contributed by atoms with Gasteiger partial charge in [0.15, 0.2) is 0 Å². The summed E-state index contributed by atoms with van der Waals surface area (Å²) in [5.41, 5.74) is 0.739. The van der Waals surface area contributed by atoms with Crippen LogP contribution in [-0.2, 0) is 0 Å². The summed E-state index contributed by atoms with van der Waals surface area (Å²) in [6.45, 7) is 9.22. The number of anilines is 1. The fourth-order valence-electron chi connectivity index (χ4n) is 2.61. The summed E-state index contributed by atoms with van der Waals surface area (Å²) in [5.74, 6) is 2.21. The first-order chi connectivity index (χ1) is 9.61. The van der Waals surface area contributed by atoms with Crippen molar-refractivity contribution in [1.29, 1.82) is 0 Å². The predicted octanol–water partition coefficient (Wildman–Crippen LogP) is 3.02. The lowest BCUT2D eigenvalue weighted by molar-refractivity contribution is 0.0784. The van der Waals surface area contributed by atoms with Crippen molar-refractivity contribution in [3.63, 3.8) is 0 Å². The molecule has 1 unspecified atom stereocenters. The highest BCUT2D eigenvalue weighted by Gasteiger charge is 2.28. The molecule has 4 nitrogen and oxygen atoms in total. The van der Waals surface area contributed by atoms with E-state index in [-0.39, 0.29) is 5.91 Å². The summed E-state index contributed by atoms with van der Waals surface area (Å²) in [6.07, 6.45) is 3.87. The number of rotatable bonds is 5. The molecule has 0 aromatic carbocycles. The van der Waals surface area contributed by atoms with Gasteiger partial charge in [-0.15, -0.1) is 0 Å². The Morgan fingerprint density at radius 2 is 2.35 bits per heavy atom. The van der Waals surface area contributed by atoms with E-state index >= 15 is 0 Å². The average molecular weight is 275 g/mol. The monoisotopic (exact) mass is 275 g/mol. The molecule has 1 N–H and O–H groups in total. The van der Waals surface area contributed by atoms with Crippen LogP contribution in [0.1, 0.15) is 44.0 Å². The fourth-order valence-corrected chi connectivity index (χ4v) is 2.61. The second-order valence-electron chi connectivity index (χ2n) is 5.90. The second kappa shape index (κ2) is 6.73. The number of amides is 1. The van der Waals surface area contributed by atoms with Gasteiger partial charge in [0.25, 0.3) is 5.91 Å². The molecular formula is C16H25N3O. The first-order valence-corrected chi connectivity index (χ1v) is 7.61. The van der Waals surface area contributed by atoms with E-state index in [1.165, 1.54) is 0 Å². The van der Waals surface area contributed by atoms with Crippen LogP contribution in [0.2, 0.25) is 0 Å². The number of hydrogen-bond acceptors (Lipinski definition) is 3. The van der Waals surface area contributed by atoms with Crippen LogP contribution in [0.25, 0.3) is 0 Å². The van der Waals surface area contributed by atoms with Gasteiger partial charge in [-0.2, -0.15) is 0 Å². The van der Waals surface area contributed by atoms with E-state index in [2.05, 4.69) is 31.1 Å². The third kappa shape index (κ3) is 3.50. The van der Waals surface area contributed by atoms with Crippen LogP contribution in [0.15, 0.2) is 18.3 Å². The molecule has 1 aromatic rings. The SMILES string of the molecule is CCCNc1cc(C(=O)N2CCC(C(C)C)C2)ccn1. The Balaban J connectivity index is 2.02. The van der Waals surface area contributed by atoms with Crippen molar-refractivity contribution >= 4 is 11.7 Å². The molecule has 0 radical (unpaired) electrons. The van der Waals surface area contributed by atoms with Crippen molar-refractivity contribution in [1.82, 2.24) is 9.88 Å². The molecule has 20 heavy (non-hydrogen) atoms. The molecule has 1 atom stereocenters. The van der Waals surface area contributed by atoms with Crippen molar-refractivity contribution in [2.75, 3.05) is 25.0 Å². The Kier molecular flexibility index (Phi) is 4.99. The van der Waals surface area contributed by atoms with E-state index < -0.39 is 0 Å². The first kappa shape index (κ1) is 14.8. The number of hydrogen-bond donors (Lipinski definition) is 1. The third-order valence-corrected chi connectivity index (χ3v) is 4.02. The molecule has 1 aliphatic heterocycles. The highest BCUT2D eigenvalue weighted by atomic mass is 16.2. The van der Waals surface area contributed by atoms with Gasteiger partial charge in [-0.1, -0.05) is 20.8 Å². The number of carbonyl (C=O) groups is 1. The quantitative estimate of drug-likeness (QED) is 0.898. The molecule has 2 rings (SSSR count). The van der Waals surface area contributed by atoms with E-state index in [1.54, 1.807) is 6.20 Å². The molecule has 0 aliphatic carbocycles. The zero-order valence-corrected chi connectivity index (χ0v) is 12.7. The summed E-state index contributed by atoms with van der Waals surface area (Å²) in [7, 11) is 0. The van der Waals surface area contributed by atoms with Crippen LogP contribution < -0.4 is 5.32 Å². The van der Waals surface area contributed by atoms with Crippen LogP contribution in [0.3, 0.4) is 0 Å². The number of aromatic nitrogens is 1. The van der Waals surface area contributed by atoms with E-state index in [1.807, 2.05) is 17.0 Å². The summed E-state index contributed by atoms with van der Waals surface area (Å²) in [4.78, 5) is 18.7. The Morgan fingerprint density at radius 3 is 3.00 bits per heavy atom. The highest BCUT2D eigenvalue weighted by molar-refractivity contribution is 5.95. The predicted molar refractivity (Wildman–Crippen MR) is 81.9 cm³/mol. The van der Waals surface area contributed by atoms with E-state index in [0.717, 1.165) is 43.9 Å². The normalized spacial score (nSPS) is 18.6. The maximum Gasteiger partial charge on any atom is 0.254 e. The Morgan fingerprint density at radius 1 is 1.55 bits per heavy atom. The van der Waals surface area contributed by atoms with Gasteiger partial charge in [0.2, 0.25) is 0 Å². The zero-order chi connectivity index (χ0) is 14.5. The lowest BCUT2D eigenvalue weighted by atomic mass is 9.95. The standard InChI is InChI=1S/C16H25N3O/c1-4-7-17-15-10-13(5-8-18-15)16(20)19-9-6-14(11-19)12(2)3/h5,8,10,12,14H,4,6-7,9,11H2,1-3H3,(H,17,18). The summed E-state index contributed by atoms with van der Waals surface area (Å²) in [5, 5.41) is 3.23. The van der Waals surface area contributed by atoms with Crippen molar-refractivity contribution in [3.05, 3.63) is 23.9 Å². The van der Waals surface area contributed by atoms with Crippen molar-refractivity contribution in [2.24, 2.45) is 11.8 Å². The molecule has 0 saturated carbocycles. The molecule has 1 fully saturated rings. The van der Waals surface area contributed by atoms with Gasteiger partial charge in [-0.3, -0.25) is 4.79 Å². The smallest absolute Gasteiger partial charge is 0.254 e. The summed E-state index contributed by atoms with van der Waals surface area (Å²) in [6, 6.07) is 3.67. The van der Waals surface area contributed by atoms with Crippen LogP contribution in [-0.4, -0.2) is 35.4 Å². The third-order valence-electron chi connectivity index (χ3n) is 4.02. The molecular weight excluding hydrogens is 250 g/mol. The maximum atomic E-state index is 12.5. The van der Waals surface area contributed by atoms with Gasteiger partial charge in [0, 0.05) is 31.4 Å². The maximum absolute atomic E-state index is 12.5. The minimum absolute atomic E-state index is 0.134. The van der Waals surface area contributed by atoms with E-state index in [0.29, 0.717) is 11.8 Å². The molecule has 1 aromatic heterocycles. The van der Waals surface area contributed by atoms with Gasteiger partial charge in [0.05, 0.1) is 0 Å². The zero-order valence-electron chi connectivity index (χ0n) is 12.7. The summed E-state index contributed by atoms with van der Waals surface area (Å²) >= 11 is 0. The van der Waals surface area contributed by atoms with Crippen LogP contribution >= 0.6 is 0 Å². The number of nitrogens with one attached hydrogen (secondary N) is 1. The molecule has 1 saturated heterocycles. The summed E-state index contributed by atoms with van der Waals surface area (Å²) < 4.78 is 0. The van der Waals surface area contributed by atoms with Crippen molar-refractivity contribution < 1.29 is 4.79 Å². The lowest BCUT2D eigenvalue weighted by Crippen LogP contribution is -2.29. The Hall–Kier alpha value is -1.58. The van der Waals surface area contributed by atoms with Crippen LogP contribution in [0.4, 0.5) is 5.82 Å². The first-order valence-electron chi connectivity index (χ1n) is 7.61. The van der Waals surface area contributed by atoms with E-state index in [4.69, 9.17) is 0 Å². The average Bonchev–Trinajstić information content (AvgIpc) is 2.94. The minimum atomic E-state index is 0.134. The Bertz CT molecular complexity index is 459. The van der Waals surface area contributed by atoms with Crippen LogP contribution in [0, 0.1) is 11.8 Å². The van der Waals surface area contributed by atoms with Gasteiger partial charge < -0.3 is 10.2 Å². The second-order valence-corrected chi connectivity index (χ2v) is 5.90. The molecule has 1 aliphatic rings. The van der Waals surface area contributed by atoms with Gasteiger partial charge in [-0.05, 0) is 36.8 Å². The Labute approximate surface area is 121 Å². The van der Waals surface area contributed by atoms with Crippen LogP contribution in [0.5, 0.6) is 0 Å². The molecule has 4 heteroatoms. The lowest BCUT2D eigenvalue weighted by Gasteiger charge is -2.18. The van der Waals surface area contributed by atoms with Gasteiger partial charge >= 0.3 is 0 Å². The molecule has 1 amide bonds. The molecule has 0 spiro atoms. The highest BCUT2D eigenvalue weighted by Crippen LogP contribution is 2.25. The van der Waals surface area contributed by atoms with Gasteiger partial charge in [0.1, 0.15) is 5.82 Å². The minimum Gasteiger partial charge on any atom is -0.370 e. The fraction of sp³-hybridized carbons (Fsp3) is 0.625. The van der Waals surface area contributed by atoms with E-state index in [9.17, 15) is 4.79 Å². The number of nitrogens with zero attached hydrogens (tertiary/aromatic N) is 2. The number of pyridine rings is 1. The number of likely N-dealkylation sites (tertiary alicyclic amines) is 1. The van der Waals surface area contributed by atoms with Crippen molar-refractivity contribution in [2.45, 2.75) is 33.6 Å². The van der Waals surface area contributed by atoms with Crippen molar-refractivity contribution in [3.8, 4) is 0 Å². The topological polar surface area (TPSA) is 45.2 Å². The van der Waals surface area contributed by atoms with Gasteiger partial charge in [-0.25, -0.2) is 4.98 Å². The molecule has 110 valence electrons. The molecule has 0 bridgehead atoms. The number of carbonyl (C=O) groups excluding carboxylic acids is 1. The molecule has 2 heterocycles. The largest absolute Gasteiger partial charge is 0.370 e.